The lowest BCUT2D eigenvalue weighted by Crippen LogP contribution is -2.65. The predicted octanol–water partition coefficient (Wildman–Crippen LogP) is 1.43. The minimum atomic E-state index is -1.08. The number of carbonyl (C=O) groups is 4. The van der Waals surface area contributed by atoms with E-state index in [0.717, 1.165) is 5.01 Å². The maximum absolute atomic E-state index is 13.3. The van der Waals surface area contributed by atoms with Gasteiger partial charge in [0.25, 0.3) is 5.91 Å². The number of β-amino-alcohol motifs (C(OH)–C–C–N with tert-alkyl or cyclic N) is 1. The Morgan fingerprint density at radius 3 is 2.12 bits per heavy atom. The van der Waals surface area contributed by atoms with E-state index in [2.05, 4.69) is 10.7 Å². The maximum Gasteiger partial charge on any atom is 0.309 e. The van der Waals surface area contributed by atoms with E-state index in [1.807, 2.05) is 27.7 Å². The summed E-state index contributed by atoms with van der Waals surface area (Å²) in [5.74, 6) is -2.21. The zero-order chi connectivity index (χ0) is 24.7. The Labute approximate surface area is 191 Å². The Morgan fingerprint density at radius 2 is 1.66 bits per heavy atom. The molecule has 184 valence electrons. The molecule has 9 nitrogen and oxygen atoms in total. The molecule has 1 aliphatic rings. The summed E-state index contributed by atoms with van der Waals surface area (Å²) in [5.41, 5.74) is 2.80. The molecule has 0 bridgehead atoms. The molecule has 1 saturated heterocycles. The minimum Gasteiger partial charge on any atom is -0.452 e. The van der Waals surface area contributed by atoms with Crippen molar-refractivity contribution in [3.63, 3.8) is 0 Å². The van der Waals surface area contributed by atoms with E-state index >= 15 is 0 Å². The largest absolute Gasteiger partial charge is 0.452 e. The van der Waals surface area contributed by atoms with E-state index in [9.17, 15) is 24.3 Å². The lowest BCUT2D eigenvalue weighted by Gasteiger charge is -2.40. The number of aliphatic hydroxyl groups is 1. The molecule has 9 heteroatoms. The van der Waals surface area contributed by atoms with Gasteiger partial charge in [0.15, 0.2) is 11.9 Å². The fraction of sp³-hybridized carbons (Fsp3) is 0.826. The zero-order valence-corrected chi connectivity index (χ0v) is 20.7. The molecule has 5 atom stereocenters. The Kier molecular flexibility index (Phi) is 10.8. The van der Waals surface area contributed by atoms with Crippen LogP contribution in [0.3, 0.4) is 0 Å². The highest BCUT2D eigenvalue weighted by Crippen LogP contribution is 2.20. The second-order valence-corrected chi connectivity index (χ2v) is 9.91. The van der Waals surface area contributed by atoms with Crippen LogP contribution in [0.5, 0.6) is 0 Å². The third-order valence-electron chi connectivity index (χ3n) is 5.82. The molecule has 0 aromatic rings. The number of nitrogens with one attached hydrogen (secondary N) is 2. The van der Waals surface area contributed by atoms with Crippen molar-refractivity contribution in [3.05, 3.63) is 0 Å². The van der Waals surface area contributed by atoms with Crippen molar-refractivity contribution in [2.24, 2.45) is 23.7 Å². The number of rotatable bonds is 10. The average molecular weight is 456 g/mol. The molecule has 3 N–H and O–H groups in total. The average Bonchev–Trinajstić information content (AvgIpc) is 2.69. The van der Waals surface area contributed by atoms with Crippen molar-refractivity contribution in [3.8, 4) is 0 Å². The van der Waals surface area contributed by atoms with Crippen LogP contribution in [0.15, 0.2) is 0 Å². The highest BCUT2D eigenvalue weighted by Gasteiger charge is 2.42. The van der Waals surface area contributed by atoms with E-state index in [-0.39, 0.29) is 42.4 Å². The van der Waals surface area contributed by atoms with Gasteiger partial charge in [-0.25, -0.2) is 5.43 Å². The summed E-state index contributed by atoms with van der Waals surface area (Å²) in [4.78, 5) is 50.9. The molecule has 2 amide bonds. The molecule has 1 rings (SSSR count). The molecular formula is C23H41N3O6. The van der Waals surface area contributed by atoms with Crippen LogP contribution in [0.4, 0.5) is 0 Å². The molecule has 0 unspecified atom stereocenters. The molecule has 0 aromatic carbocycles. The van der Waals surface area contributed by atoms with Crippen LogP contribution in [0.1, 0.15) is 68.2 Å². The van der Waals surface area contributed by atoms with Crippen LogP contribution in [0, 0.1) is 23.7 Å². The van der Waals surface area contributed by atoms with Gasteiger partial charge in [-0.15, -0.1) is 0 Å². The van der Waals surface area contributed by atoms with Crippen LogP contribution in [0.2, 0.25) is 0 Å². The van der Waals surface area contributed by atoms with Gasteiger partial charge in [0.2, 0.25) is 5.91 Å². The number of hydrogen-bond acceptors (Lipinski definition) is 7. The van der Waals surface area contributed by atoms with Gasteiger partial charge in [-0.3, -0.25) is 24.2 Å². The normalized spacial score (nSPS) is 21.9. The number of hydrogen-bond donors (Lipinski definition) is 3. The molecule has 0 radical (unpaired) electrons. The number of amides is 2. The summed E-state index contributed by atoms with van der Waals surface area (Å²) in [7, 11) is 0. The fourth-order valence-corrected chi connectivity index (χ4v) is 3.40. The van der Waals surface area contributed by atoms with Gasteiger partial charge in [0.1, 0.15) is 6.04 Å². The molecule has 32 heavy (non-hydrogen) atoms. The highest BCUT2D eigenvalue weighted by atomic mass is 16.5. The Hall–Kier alpha value is -2.00. The molecule has 0 aliphatic carbocycles. The Morgan fingerprint density at radius 1 is 1.06 bits per heavy atom. The summed E-state index contributed by atoms with van der Waals surface area (Å²) in [6.45, 7) is 14.5. The van der Waals surface area contributed by atoms with Crippen molar-refractivity contribution in [1.29, 1.82) is 0 Å². The fourth-order valence-electron chi connectivity index (χ4n) is 3.40. The smallest absolute Gasteiger partial charge is 0.309 e. The number of ether oxygens (including phenoxy) is 1. The second-order valence-electron chi connectivity index (χ2n) is 9.91. The van der Waals surface area contributed by atoms with Gasteiger partial charge in [-0.2, -0.15) is 0 Å². The zero-order valence-electron chi connectivity index (χ0n) is 20.7. The number of carbonyl (C=O) groups excluding carboxylic acids is 4. The van der Waals surface area contributed by atoms with Crippen LogP contribution in [0.25, 0.3) is 0 Å². The van der Waals surface area contributed by atoms with Crippen molar-refractivity contribution < 1.29 is 29.0 Å². The highest BCUT2D eigenvalue weighted by molar-refractivity contribution is 5.93. The van der Waals surface area contributed by atoms with E-state index in [1.54, 1.807) is 20.8 Å². The van der Waals surface area contributed by atoms with Gasteiger partial charge in [-0.1, -0.05) is 48.5 Å². The number of Topliss-reactive ketones (excluding diaryl/α,β-unsaturated/α-hetero) is 1. The first-order chi connectivity index (χ1) is 14.8. The molecular weight excluding hydrogens is 414 g/mol. The van der Waals surface area contributed by atoms with E-state index in [4.69, 9.17) is 4.74 Å². The summed E-state index contributed by atoms with van der Waals surface area (Å²) in [5, 5.41) is 14.0. The van der Waals surface area contributed by atoms with E-state index in [1.165, 1.54) is 6.92 Å². The summed E-state index contributed by atoms with van der Waals surface area (Å²) >= 11 is 0. The lowest BCUT2D eigenvalue weighted by molar-refractivity contribution is -0.173. The first-order valence-electron chi connectivity index (χ1n) is 11.5. The van der Waals surface area contributed by atoms with Gasteiger partial charge < -0.3 is 15.2 Å². The van der Waals surface area contributed by atoms with Crippen LogP contribution in [-0.2, 0) is 23.9 Å². The summed E-state index contributed by atoms with van der Waals surface area (Å²) in [6, 6.07) is -1.72. The monoisotopic (exact) mass is 455 g/mol. The molecule has 0 spiro atoms. The molecule has 1 aliphatic heterocycles. The van der Waals surface area contributed by atoms with Crippen molar-refractivity contribution in [2.75, 3.05) is 6.54 Å². The lowest BCUT2D eigenvalue weighted by atomic mass is 9.97. The van der Waals surface area contributed by atoms with Gasteiger partial charge in [0.05, 0.1) is 18.1 Å². The Bertz CT molecular complexity index is 679. The van der Waals surface area contributed by atoms with Gasteiger partial charge in [0, 0.05) is 13.0 Å². The van der Waals surface area contributed by atoms with Crippen LogP contribution >= 0.6 is 0 Å². The minimum absolute atomic E-state index is 0.0119. The van der Waals surface area contributed by atoms with Crippen LogP contribution in [-0.4, -0.2) is 64.5 Å². The third kappa shape index (κ3) is 7.85. The number of hydrazine groups is 1. The molecule has 0 aromatic heterocycles. The predicted molar refractivity (Wildman–Crippen MR) is 120 cm³/mol. The van der Waals surface area contributed by atoms with Crippen molar-refractivity contribution in [1.82, 2.24) is 15.8 Å². The third-order valence-corrected chi connectivity index (χ3v) is 5.82. The first-order valence-corrected chi connectivity index (χ1v) is 11.5. The number of esters is 1. The second kappa shape index (κ2) is 12.3. The van der Waals surface area contributed by atoms with Crippen molar-refractivity contribution >= 4 is 23.6 Å². The standard InChI is InChI=1S/C23H41N3O6/c1-12(2)9-18(16(8)27)25-21(29)19-10-17(28)11-24-26(19)22(30)20(14(5)6)32-23(31)15(7)13(3)4/h12-15,17-20,24,28H,9-11H2,1-8H3,(H,25,29)/t15-,17-,18+,19-,20+/m1/s1. The SMILES string of the molecule is CC(=O)[C@H](CC(C)C)NC(=O)[C@H]1C[C@@H](O)CNN1C(=O)[C@@H](OC(=O)[C@H](C)C(C)C)C(C)C. The van der Waals surface area contributed by atoms with E-state index < -0.39 is 42.1 Å². The van der Waals surface area contributed by atoms with Gasteiger partial charge in [-0.05, 0) is 31.1 Å². The first kappa shape index (κ1) is 28.0. The molecule has 0 saturated carbocycles. The van der Waals surface area contributed by atoms with Crippen molar-refractivity contribution in [2.45, 2.75) is 92.5 Å². The molecule has 1 fully saturated rings. The number of nitrogens with zero attached hydrogens (tertiary/aromatic N) is 1. The van der Waals surface area contributed by atoms with E-state index in [0.29, 0.717) is 6.42 Å². The maximum atomic E-state index is 13.3. The van der Waals surface area contributed by atoms with Crippen LogP contribution < -0.4 is 10.7 Å². The number of ketones is 1. The Balaban J connectivity index is 3.08. The summed E-state index contributed by atoms with van der Waals surface area (Å²) in [6.07, 6.45) is -1.44. The summed E-state index contributed by atoms with van der Waals surface area (Å²) < 4.78 is 5.56. The quantitative estimate of drug-likeness (QED) is 0.426. The topological polar surface area (TPSA) is 125 Å². The molecule has 1 heterocycles. The number of aliphatic hydroxyl groups excluding tert-OH is 1. The van der Waals surface area contributed by atoms with Gasteiger partial charge >= 0.3 is 5.97 Å².